The summed E-state index contributed by atoms with van der Waals surface area (Å²) in [6.07, 6.45) is -0.0651. The Morgan fingerprint density at radius 1 is 1.32 bits per heavy atom. The van der Waals surface area contributed by atoms with Gasteiger partial charge in [0.15, 0.2) is 17.5 Å². The van der Waals surface area contributed by atoms with Crippen molar-refractivity contribution in [2.45, 2.75) is 19.4 Å². The topological polar surface area (TPSA) is 40.5 Å². The summed E-state index contributed by atoms with van der Waals surface area (Å²) >= 11 is 0. The Labute approximate surface area is 108 Å². The highest BCUT2D eigenvalue weighted by Gasteiger charge is 2.28. The number of carbonyl (C=O) groups excluding carboxylic acids is 1. The molecule has 1 aromatic rings. The van der Waals surface area contributed by atoms with Gasteiger partial charge in [0.25, 0.3) is 5.91 Å². The van der Waals surface area contributed by atoms with E-state index in [1.165, 1.54) is 4.90 Å². The van der Waals surface area contributed by atoms with E-state index in [1.807, 2.05) is 0 Å². The summed E-state index contributed by atoms with van der Waals surface area (Å²) in [7, 11) is 0. The highest BCUT2D eigenvalue weighted by molar-refractivity contribution is 5.94. The third-order valence-corrected chi connectivity index (χ3v) is 3.38. The number of aliphatic hydroxyl groups is 1. The number of likely N-dealkylation sites (tertiary alicyclic amines) is 1. The number of aliphatic hydroxyl groups excluding tert-OH is 1. The summed E-state index contributed by atoms with van der Waals surface area (Å²) in [5.41, 5.74) is -0.222. The molecule has 0 aliphatic carbocycles. The van der Waals surface area contributed by atoms with Crippen molar-refractivity contribution in [1.29, 1.82) is 0 Å². The molecule has 0 spiro atoms. The van der Waals surface area contributed by atoms with Gasteiger partial charge in [0.2, 0.25) is 0 Å². The Kier molecular flexibility index (Phi) is 3.80. The minimum absolute atomic E-state index is 0.104. The maximum absolute atomic E-state index is 13.1. The first-order valence-corrected chi connectivity index (χ1v) is 6.02. The molecule has 19 heavy (non-hydrogen) atoms. The number of carbonyl (C=O) groups is 1. The largest absolute Gasteiger partial charge is 0.393 e. The van der Waals surface area contributed by atoms with Gasteiger partial charge in [-0.25, -0.2) is 13.2 Å². The van der Waals surface area contributed by atoms with E-state index in [9.17, 15) is 23.1 Å². The molecule has 3 nitrogen and oxygen atoms in total. The number of nitrogens with zero attached hydrogens (tertiary/aromatic N) is 1. The molecule has 2 atom stereocenters. The van der Waals surface area contributed by atoms with Crippen molar-refractivity contribution in [3.05, 3.63) is 35.1 Å². The summed E-state index contributed by atoms with van der Waals surface area (Å²) < 4.78 is 39.0. The number of hydrogen-bond acceptors (Lipinski definition) is 2. The maximum Gasteiger partial charge on any atom is 0.254 e. The van der Waals surface area contributed by atoms with E-state index in [2.05, 4.69) is 0 Å². The van der Waals surface area contributed by atoms with Crippen LogP contribution in [0.2, 0.25) is 0 Å². The van der Waals surface area contributed by atoms with Gasteiger partial charge in [-0.2, -0.15) is 0 Å². The number of piperidine rings is 1. The summed E-state index contributed by atoms with van der Waals surface area (Å²) in [5.74, 6) is -5.01. The van der Waals surface area contributed by atoms with Crippen molar-refractivity contribution in [2.24, 2.45) is 5.92 Å². The van der Waals surface area contributed by atoms with Crippen molar-refractivity contribution in [3.8, 4) is 0 Å². The molecule has 0 saturated carbocycles. The van der Waals surface area contributed by atoms with Crippen LogP contribution in [-0.4, -0.2) is 35.1 Å². The Bertz CT molecular complexity index is 484. The van der Waals surface area contributed by atoms with Crippen LogP contribution in [0, 0.1) is 23.4 Å². The summed E-state index contributed by atoms with van der Waals surface area (Å²) in [6.45, 7) is 2.40. The zero-order valence-electron chi connectivity index (χ0n) is 10.4. The van der Waals surface area contributed by atoms with Gasteiger partial charge in [0.1, 0.15) is 0 Å². The molecule has 1 aromatic carbocycles. The zero-order chi connectivity index (χ0) is 14.2. The van der Waals surface area contributed by atoms with E-state index < -0.39 is 29.5 Å². The minimum atomic E-state index is -1.58. The van der Waals surface area contributed by atoms with E-state index in [0.29, 0.717) is 31.6 Å². The zero-order valence-corrected chi connectivity index (χ0v) is 10.4. The fraction of sp³-hybridized carbons (Fsp3) is 0.462. The van der Waals surface area contributed by atoms with Crippen LogP contribution in [-0.2, 0) is 0 Å². The quantitative estimate of drug-likeness (QED) is 0.794. The van der Waals surface area contributed by atoms with E-state index >= 15 is 0 Å². The molecule has 0 bridgehead atoms. The molecular weight excluding hydrogens is 259 g/mol. The monoisotopic (exact) mass is 273 g/mol. The summed E-state index contributed by atoms with van der Waals surface area (Å²) in [5, 5.41) is 9.56. The SMILES string of the molecule is CC1CN(C(=O)c2cc(F)c(F)c(F)c2)CCC1O. The molecule has 1 aliphatic heterocycles. The number of hydrogen-bond donors (Lipinski definition) is 1. The number of halogens is 3. The minimum Gasteiger partial charge on any atom is -0.393 e. The Hall–Kier alpha value is -1.56. The third kappa shape index (κ3) is 2.73. The molecule has 0 radical (unpaired) electrons. The van der Waals surface area contributed by atoms with Crippen molar-refractivity contribution >= 4 is 5.91 Å². The van der Waals surface area contributed by atoms with Gasteiger partial charge in [-0.1, -0.05) is 6.92 Å². The van der Waals surface area contributed by atoms with Crippen molar-refractivity contribution in [1.82, 2.24) is 4.90 Å². The summed E-state index contributed by atoms with van der Waals surface area (Å²) in [4.78, 5) is 13.5. The average molecular weight is 273 g/mol. The standard InChI is InChI=1S/C13H14F3NO2/c1-7-6-17(3-2-11(7)18)13(19)8-4-9(14)12(16)10(15)5-8/h4-5,7,11,18H,2-3,6H2,1H3. The lowest BCUT2D eigenvalue weighted by Crippen LogP contribution is -2.45. The lowest BCUT2D eigenvalue weighted by Gasteiger charge is -2.34. The van der Waals surface area contributed by atoms with Crippen molar-refractivity contribution < 1.29 is 23.1 Å². The molecule has 1 aliphatic rings. The third-order valence-electron chi connectivity index (χ3n) is 3.38. The molecule has 1 N–H and O–H groups in total. The molecule has 1 amide bonds. The fourth-order valence-electron chi connectivity index (χ4n) is 2.18. The molecule has 104 valence electrons. The second-order valence-corrected chi connectivity index (χ2v) is 4.84. The predicted molar refractivity (Wildman–Crippen MR) is 62.0 cm³/mol. The van der Waals surface area contributed by atoms with E-state index in [0.717, 1.165) is 0 Å². The van der Waals surface area contributed by atoms with Gasteiger partial charge < -0.3 is 10.0 Å². The predicted octanol–water partition coefficient (Wildman–Crippen LogP) is 1.95. The molecule has 2 unspecified atom stereocenters. The molecule has 2 rings (SSSR count). The lowest BCUT2D eigenvalue weighted by molar-refractivity contribution is 0.0297. The van der Waals surface area contributed by atoms with Gasteiger partial charge in [-0.05, 0) is 24.5 Å². The second-order valence-electron chi connectivity index (χ2n) is 4.84. The van der Waals surface area contributed by atoms with Gasteiger partial charge in [0, 0.05) is 18.7 Å². The van der Waals surface area contributed by atoms with Crippen LogP contribution in [0.25, 0.3) is 0 Å². The van der Waals surface area contributed by atoms with E-state index in [-0.39, 0.29) is 11.5 Å². The number of rotatable bonds is 1. The first kappa shape index (κ1) is 13.9. The fourth-order valence-corrected chi connectivity index (χ4v) is 2.18. The smallest absolute Gasteiger partial charge is 0.254 e. The van der Waals surface area contributed by atoms with Crippen molar-refractivity contribution in [3.63, 3.8) is 0 Å². The van der Waals surface area contributed by atoms with Crippen LogP contribution >= 0.6 is 0 Å². The second kappa shape index (κ2) is 5.21. The normalized spacial score (nSPS) is 23.5. The molecule has 1 saturated heterocycles. The maximum atomic E-state index is 13.1. The van der Waals surface area contributed by atoms with E-state index in [4.69, 9.17) is 0 Å². The van der Waals surface area contributed by atoms with Crippen LogP contribution in [0.3, 0.4) is 0 Å². The Morgan fingerprint density at radius 3 is 2.42 bits per heavy atom. The molecule has 1 heterocycles. The van der Waals surface area contributed by atoms with Gasteiger partial charge in [-0.3, -0.25) is 4.79 Å². The van der Waals surface area contributed by atoms with Gasteiger partial charge in [0.05, 0.1) is 6.10 Å². The highest BCUT2D eigenvalue weighted by Crippen LogP contribution is 2.20. The lowest BCUT2D eigenvalue weighted by atomic mass is 9.96. The van der Waals surface area contributed by atoms with Crippen LogP contribution in [0.5, 0.6) is 0 Å². The first-order valence-electron chi connectivity index (χ1n) is 6.02. The average Bonchev–Trinajstić information content (AvgIpc) is 2.37. The highest BCUT2D eigenvalue weighted by atomic mass is 19.2. The Morgan fingerprint density at radius 2 is 1.89 bits per heavy atom. The Balaban J connectivity index is 2.20. The summed E-state index contributed by atoms with van der Waals surface area (Å²) in [6, 6.07) is 1.38. The van der Waals surface area contributed by atoms with Crippen LogP contribution < -0.4 is 0 Å². The van der Waals surface area contributed by atoms with E-state index in [1.54, 1.807) is 6.92 Å². The molecule has 0 aromatic heterocycles. The molecule has 1 fully saturated rings. The number of benzene rings is 1. The number of amides is 1. The molecular formula is C13H14F3NO2. The van der Waals surface area contributed by atoms with Crippen LogP contribution in [0.15, 0.2) is 12.1 Å². The van der Waals surface area contributed by atoms with Crippen molar-refractivity contribution in [2.75, 3.05) is 13.1 Å². The van der Waals surface area contributed by atoms with Gasteiger partial charge >= 0.3 is 0 Å². The van der Waals surface area contributed by atoms with Gasteiger partial charge in [-0.15, -0.1) is 0 Å². The molecule has 6 heteroatoms. The van der Waals surface area contributed by atoms with Crippen LogP contribution in [0.1, 0.15) is 23.7 Å². The first-order chi connectivity index (χ1) is 8.90. The van der Waals surface area contributed by atoms with Crippen LogP contribution in [0.4, 0.5) is 13.2 Å².